The fourth-order valence-corrected chi connectivity index (χ4v) is 1.86. The molecule has 0 aliphatic heterocycles. The SMILES string of the molecule is CC(OC1CCC(C)(C)CC1)C(=O)O. The largest absolute Gasteiger partial charge is 0.479 e. The molecule has 0 bridgehead atoms. The fraction of sp³-hybridized carbons (Fsp3) is 0.909. The Bertz CT molecular complexity index is 201. The predicted octanol–water partition coefficient (Wildman–Crippen LogP) is 2.44. The molecule has 3 heteroatoms. The van der Waals surface area contributed by atoms with E-state index < -0.39 is 12.1 Å². The zero-order valence-corrected chi connectivity index (χ0v) is 9.25. The van der Waals surface area contributed by atoms with Gasteiger partial charge >= 0.3 is 5.97 Å². The first-order chi connectivity index (χ1) is 6.41. The number of ether oxygens (including phenoxy) is 1. The van der Waals surface area contributed by atoms with E-state index in [2.05, 4.69) is 13.8 Å². The number of carboxylic acids is 1. The van der Waals surface area contributed by atoms with Crippen LogP contribution in [0.2, 0.25) is 0 Å². The molecule has 0 spiro atoms. The third-order valence-electron chi connectivity index (χ3n) is 3.03. The summed E-state index contributed by atoms with van der Waals surface area (Å²) in [6.45, 7) is 6.11. The average Bonchev–Trinajstić information content (AvgIpc) is 2.08. The van der Waals surface area contributed by atoms with Crippen LogP contribution in [0.25, 0.3) is 0 Å². The zero-order chi connectivity index (χ0) is 10.8. The third-order valence-corrected chi connectivity index (χ3v) is 3.03. The standard InChI is InChI=1S/C11H20O3/c1-8(10(12)13)14-9-4-6-11(2,3)7-5-9/h8-9H,4-7H2,1-3H3,(H,12,13). The van der Waals surface area contributed by atoms with E-state index in [1.165, 1.54) is 0 Å². The van der Waals surface area contributed by atoms with Crippen molar-refractivity contribution in [3.63, 3.8) is 0 Å². The van der Waals surface area contributed by atoms with Gasteiger partial charge in [0.05, 0.1) is 6.10 Å². The van der Waals surface area contributed by atoms with Gasteiger partial charge in [-0.15, -0.1) is 0 Å². The van der Waals surface area contributed by atoms with Crippen LogP contribution in [-0.2, 0) is 9.53 Å². The minimum atomic E-state index is -0.866. The van der Waals surface area contributed by atoms with E-state index in [0.29, 0.717) is 5.41 Å². The van der Waals surface area contributed by atoms with Gasteiger partial charge in [0.1, 0.15) is 0 Å². The molecule has 0 aromatic carbocycles. The maximum atomic E-state index is 10.6. The van der Waals surface area contributed by atoms with Gasteiger partial charge in [-0.05, 0) is 38.0 Å². The third kappa shape index (κ3) is 3.29. The second-order valence-corrected chi connectivity index (χ2v) is 4.98. The van der Waals surface area contributed by atoms with Gasteiger partial charge in [-0.2, -0.15) is 0 Å². The summed E-state index contributed by atoms with van der Waals surface area (Å²) in [6, 6.07) is 0. The summed E-state index contributed by atoms with van der Waals surface area (Å²) in [5.41, 5.74) is 0.409. The second-order valence-electron chi connectivity index (χ2n) is 4.98. The van der Waals surface area contributed by atoms with E-state index in [-0.39, 0.29) is 6.10 Å². The first kappa shape index (κ1) is 11.5. The molecule has 0 radical (unpaired) electrons. The van der Waals surface area contributed by atoms with Crippen LogP contribution >= 0.6 is 0 Å². The van der Waals surface area contributed by atoms with Gasteiger partial charge in [-0.3, -0.25) is 0 Å². The Morgan fingerprint density at radius 2 is 1.93 bits per heavy atom. The summed E-state index contributed by atoms with van der Waals surface area (Å²) >= 11 is 0. The molecule has 0 heterocycles. The van der Waals surface area contributed by atoms with Crippen molar-refractivity contribution in [1.82, 2.24) is 0 Å². The first-order valence-corrected chi connectivity index (χ1v) is 5.29. The van der Waals surface area contributed by atoms with Crippen LogP contribution in [-0.4, -0.2) is 23.3 Å². The smallest absolute Gasteiger partial charge is 0.332 e. The number of hydrogen-bond donors (Lipinski definition) is 1. The first-order valence-electron chi connectivity index (χ1n) is 5.29. The van der Waals surface area contributed by atoms with Crippen molar-refractivity contribution in [3.05, 3.63) is 0 Å². The Balaban J connectivity index is 2.32. The molecule has 1 unspecified atom stereocenters. The highest BCUT2D eigenvalue weighted by atomic mass is 16.5. The summed E-state index contributed by atoms with van der Waals surface area (Å²) in [7, 11) is 0. The molecule has 1 aliphatic carbocycles. The molecule has 1 saturated carbocycles. The topological polar surface area (TPSA) is 46.5 Å². The molecule has 0 saturated heterocycles. The van der Waals surface area contributed by atoms with Crippen LogP contribution in [0.3, 0.4) is 0 Å². The summed E-state index contributed by atoms with van der Waals surface area (Å²) in [5, 5.41) is 8.69. The molecule has 14 heavy (non-hydrogen) atoms. The zero-order valence-electron chi connectivity index (χ0n) is 9.25. The van der Waals surface area contributed by atoms with Crippen molar-refractivity contribution in [1.29, 1.82) is 0 Å². The number of carbonyl (C=O) groups is 1. The lowest BCUT2D eigenvalue weighted by Crippen LogP contribution is -2.32. The highest BCUT2D eigenvalue weighted by Crippen LogP contribution is 2.36. The number of carboxylic acid groups (broad SMARTS) is 1. The van der Waals surface area contributed by atoms with Crippen molar-refractivity contribution < 1.29 is 14.6 Å². The van der Waals surface area contributed by atoms with Crippen molar-refractivity contribution in [2.75, 3.05) is 0 Å². The van der Waals surface area contributed by atoms with Gasteiger partial charge in [0.25, 0.3) is 0 Å². The van der Waals surface area contributed by atoms with Crippen molar-refractivity contribution >= 4 is 5.97 Å². The molecule has 0 amide bonds. The van der Waals surface area contributed by atoms with E-state index >= 15 is 0 Å². The number of aliphatic carboxylic acids is 1. The van der Waals surface area contributed by atoms with Gasteiger partial charge < -0.3 is 9.84 Å². The number of hydrogen-bond acceptors (Lipinski definition) is 2. The summed E-state index contributed by atoms with van der Waals surface area (Å²) in [4.78, 5) is 10.6. The van der Waals surface area contributed by atoms with Gasteiger partial charge in [0, 0.05) is 0 Å². The van der Waals surface area contributed by atoms with E-state index in [4.69, 9.17) is 9.84 Å². The van der Waals surface area contributed by atoms with Crippen molar-refractivity contribution in [2.24, 2.45) is 5.41 Å². The van der Waals surface area contributed by atoms with Crippen molar-refractivity contribution in [3.8, 4) is 0 Å². The summed E-state index contributed by atoms with van der Waals surface area (Å²) in [6.07, 6.45) is 3.72. The minimum absolute atomic E-state index is 0.147. The maximum absolute atomic E-state index is 10.6. The molecule has 82 valence electrons. The van der Waals surface area contributed by atoms with Gasteiger partial charge in [-0.1, -0.05) is 13.8 Å². The van der Waals surface area contributed by atoms with E-state index in [1.54, 1.807) is 6.92 Å². The Morgan fingerprint density at radius 3 is 2.36 bits per heavy atom. The van der Waals surface area contributed by atoms with Gasteiger partial charge in [-0.25, -0.2) is 4.79 Å². The quantitative estimate of drug-likeness (QED) is 0.761. The second kappa shape index (κ2) is 4.30. The Hall–Kier alpha value is -0.570. The lowest BCUT2D eigenvalue weighted by molar-refractivity contribution is -0.154. The van der Waals surface area contributed by atoms with E-state index in [0.717, 1.165) is 25.7 Å². The lowest BCUT2D eigenvalue weighted by atomic mass is 9.76. The molecule has 0 aromatic heterocycles. The summed E-state index contributed by atoms with van der Waals surface area (Å²) in [5.74, 6) is -0.866. The molecular formula is C11H20O3. The molecule has 1 rings (SSSR count). The molecule has 1 atom stereocenters. The monoisotopic (exact) mass is 200 g/mol. The Morgan fingerprint density at radius 1 is 1.43 bits per heavy atom. The van der Waals surface area contributed by atoms with Crippen LogP contribution in [0.4, 0.5) is 0 Å². The van der Waals surface area contributed by atoms with Crippen molar-refractivity contribution in [2.45, 2.75) is 58.7 Å². The Kier molecular flexibility index (Phi) is 3.53. The highest BCUT2D eigenvalue weighted by molar-refractivity contribution is 5.71. The van der Waals surface area contributed by atoms with Crippen LogP contribution in [0.1, 0.15) is 46.5 Å². The maximum Gasteiger partial charge on any atom is 0.332 e. The molecule has 0 aromatic rings. The fourth-order valence-electron chi connectivity index (χ4n) is 1.86. The normalized spacial score (nSPS) is 24.5. The Labute approximate surface area is 85.5 Å². The molecule has 1 aliphatic rings. The van der Waals surface area contributed by atoms with E-state index in [9.17, 15) is 4.79 Å². The average molecular weight is 200 g/mol. The molecule has 1 fully saturated rings. The van der Waals surface area contributed by atoms with Gasteiger partial charge in [0.2, 0.25) is 0 Å². The van der Waals surface area contributed by atoms with Crippen LogP contribution in [0.15, 0.2) is 0 Å². The number of rotatable bonds is 3. The van der Waals surface area contributed by atoms with Crippen LogP contribution < -0.4 is 0 Å². The molecular weight excluding hydrogens is 180 g/mol. The van der Waals surface area contributed by atoms with Gasteiger partial charge in [0.15, 0.2) is 6.10 Å². The minimum Gasteiger partial charge on any atom is -0.479 e. The molecule has 3 nitrogen and oxygen atoms in total. The molecule has 1 N–H and O–H groups in total. The highest BCUT2D eigenvalue weighted by Gasteiger charge is 2.29. The van der Waals surface area contributed by atoms with Crippen LogP contribution in [0, 0.1) is 5.41 Å². The summed E-state index contributed by atoms with van der Waals surface area (Å²) < 4.78 is 5.45. The van der Waals surface area contributed by atoms with Crippen LogP contribution in [0.5, 0.6) is 0 Å². The predicted molar refractivity (Wildman–Crippen MR) is 54.2 cm³/mol. The lowest BCUT2D eigenvalue weighted by Gasteiger charge is -2.34. The van der Waals surface area contributed by atoms with E-state index in [1.807, 2.05) is 0 Å².